The Balaban J connectivity index is 0. The van der Waals surface area contributed by atoms with Gasteiger partial charge in [-0.3, -0.25) is 4.79 Å². The molecule has 0 bridgehead atoms. The van der Waals surface area contributed by atoms with Gasteiger partial charge in [0.1, 0.15) is 0 Å². The van der Waals surface area contributed by atoms with Crippen molar-refractivity contribution in [3.63, 3.8) is 0 Å². The fourth-order valence-corrected chi connectivity index (χ4v) is 1.18. The number of nitrogens with two attached hydrogens (primary N) is 1. The number of rotatable bonds is 5. The highest BCUT2D eigenvalue weighted by atomic mass is 35.5. The predicted octanol–water partition coefficient (Wildman–Crippen LogP) is 1.89. The number of aliphatic carboxylic acids is 1. The lowest BCUT2D eigenvalue weighted by Gasteiger charge is -2.23. The first-order valence-corrected chi connectivity index (χ1v) is 4.46. The number of hydrogen-bond acceptors (Lipinski definition) is 2. The van der Waals surface area contributed by atoms with E-state index < -0.39 is 5.97 Å². The molecule has 3 nitrogen and oxygen atoms in total. The van der Waals surface area contributed by atoms with Crippen LogP contribution in [0.3, 0.4) is 0 Å². The third kappa shape index (κ3) is 5.88. The molecule has 0 amide bonds. The lowest BCUT2D eigenvalue weighted by atomic mass is 9.86. The van der Waals surface area contributed by atoms with Crippen molar-refractivity contribution < 1.29 is 9.90 Å². The van der Waals surface area contributed by atoms with Gasteiger partial charge in [-0.15, -0.1) is 12.4 Å². The highest BCUT2D eigenvalue weighted by Gasteiger charge is 2.20. The van der Waals surface area contributed by atoms with E-state index >= 15 is 0 Å². The Hall–Kier alpha value is -0.280. The SMILES string of the molecule is CC[C@@H](C)[C@@H](C)[C@H](N)CC(=O)O.Cl. The summed E-state index contributed by atoms with van der Waals surface area (Å²) in [7, 11) is 0. The molecule has 80 valence electrons. The summed E-state index contributed by atoms with van der Waals surface area (Å²) in [6.07, 6.45) is 1.12. The smallest absolute Gasteiger partial charge is 0.304 e. The van der Waals surface area contributed by atoms with E-state index in [-0.39, 0.29) is 30.8 Å². The number of carbonyl (C=O) groups is 1. The summed E-state index contributed by atoms with van der Waals surface area (Å²) >= 11 is 0. The van der Waals surface area contributed by atoms with Gasteiger partial charge in [0.15, 0.2) is 0 Å². The van der Waals surface area contributed by atoms with E-state index in [1.54, 1.807) is 0 Å². The van der Waals surface area contributed by atoms with Crippen molar-refractivity contribution in [3.05, 3.63) is 0 Å². The molecule has 0 radical (unpaired) electrons. The van der Waals surface area contributed by atoms with Crippen molar-refractivity contribution >= 4 is 18.4 Å². The van der Waals surface area contributed by atoms with Gasteiger partial charge in [-0.25, -0.2) is 0 Å². The number of carboxylic acids is 1. The summed E-state index contributed by atoms with van der Waals surface area (Å²) in [5.41, 5.74) is 5.71. The molecule has 0 unspecified atom stereocenters. The Morgan fingerprint density at radius 1 is 1.46 bits per heavy atom. The molecule has 0 heterocycles. The van der Waals surface area contributed by atoms with Crippen LogP contribution in [0.25, 0.3) is 0 Å². The Bertz CT molecular complexity index is 153. The van der Waals surface area contributed by atoms with Crippen LogP contribution in [0.1, 0.15) is 33.6 Å². The van der Waals surface area contributed by atoms with Crippen molar-refractivity contribution in [3.8, 4) is 0 Å². The molecule has 0 aromatic rings. The molecule has 0 aliphatic carbocycles. The fraction of sp³-hybridized carbons (Fsp3) is 0.889. The predicted molar refractivity (Wildman–Crippen MR) is 56.1 cm³/mol. The molecule has 3 N–H and O–H groups in total. The zero-order valence-electron chi connectivity index (χ0n) is 8.49. The van der Waals surface area contributed by atoms with Crippen LogP contribution in [0.5, 0.6) is 0 Å². The molecule has 0 aliphatic heterocycles. The summed E-state index contributed by atoms with van der Waals surface area (Å²) in [6.45, 7) is 6.21. The summed E-state index contributed by atoms with van der Waals surface area (Å²) in [5, 5.41) is 8.51. The lowest BCUT2D eigenvalue weighted by Crippen LogP contribution is -2.34. The average Bonchev–Trinajstić information content (AvgIpc) is 2.00. The van der Waals surface area contributed by atoms with Gasteiger partial charge in [0, 0.05) is 6.04 Å². The second kappa shape index (κ2) is 7.15. The number of hydrogen-bond donors (Lipinski definition) is 2. The molecule has 0 aromatic heterocycles. The van der Waals surface area contributed by atoms with E-state index in [0.29, 0.717) is 5.92 Å². The summed E-state index contributed by atoms with van der Waals surface area (Å²) < 4.78 is 0. The zero-order valence-corrected chi connectivity index (χ0v) is 9.30. The molecule has 0 saturated carbocycles. The minimum Gasteiger partial charge on any atom is -0.481 e. The van der Waals surface area contributed by atoms with E-state index in [2.05, 4.69) is 13.8 Å². The van der Waals surface area contributed by atoms with Crippen LogP contribution in [0.2, 0.25) is 0 Å². The lowest BCUT2D eigenvalue weighted by molar-refractivity contribution is -0.137. The second-order valence-corrected chi connectivity index (χ2v) is 3.51. The first-order chi connectivity index (χ1) is 5.49. The summed E-state index contributed by atoms with van der Waals surface area (Å²) in [6, 6.07) is -0.211. The van der Waals surface area contributed by atoms with Crippen molar-refractivity contribution in [2.24, 2.45) is 17.6 Å². The van der Waals surface area contributed by atoms with Gasteiger partial charge in [-0.05, 0) is 11.8 Å². The van der Waals surface area contributed by atoms with Crippen LogP contribution in [0, 0.1) is 11.8 Å². The minimum absolute atomic E-state index is 0. The maximum Gasteiger partial charge on any atom is 0.304 e. The van der Waals surface area contributed by atoms with Crippen molar-refractivity contribution in [1.29, 1.82) is 0 Å². The Morgan fingerprint density at radius 3 is 2.23 bits per heavy atom. The highest BCUT2D eigenvalue weighted by Crippen LogP contribution is 2.18. The van der Waals surface area contributed by atoms with Crippen molar-refractivity contribution in [2.75, 3.05) is 0 Å². The van der Waals surface area contributed by atoms with Crippen LogP contribution in [0.15, 0.2) is 0 Å². The third-order valence-electron chi connectivity index (χ3n) is 2.63. The van der Waals surface area contributed by atoms with E-state index in [0.717, 1.165) is 6.42 Å². The monoisotopic (exact) mass is 209 g/mol. The molecule has 0 saturated heterocycles. The molecule has 13 heavy (non-hydrogen) atoms. The molecule has 0 fully saturated rings. The molecular formula is C9H20ClNO2. The van der Waals surface area contributed by atoms with E-state index in [1.165, 1.54) is 0 Å². The standard InChI is InChI=1S/C9H19NO2.ClH/c1-4-6(2)7(3)8(10)5-9(11)12;/h6-8H,4-5,10H2,1-3H3,(H,11,12);1H/t6-,7-,8-;/m1./s1. The average molecular weight is 210 g/mol. The fourth-order valence-electron chi connectivity index (χ4n) is 1.18. The molecular weight excluding hydrogens is 190 g/mol. The summed E-state index contributed by atoms with van der Waals surface area (Å²) in [4.78, 5) is 10.3. The van der Waals surface area contributed by atoms with Gasteiger partial charge in [0.25, 0.3) is 0 Å². The van der Waals surface area contributed by atoms with Crippen LogP contribution in [-0.4, -0.2) is 17.1 Å². The molecule has 0 aromatic carbocycles. The maximum absolute atomic E-state index is 10.3. The van der Waals surface area contributed by atoms with Crippen LogP contribution in [0.4, 0.5) is 0 Å². The molecule has 0 rings (SSSR count). The Kier molecular flexibility index (Phi) is 8.37. The van der Waals surface area contributed by atoms with Crippen molar-refractivity contribution in [2.45, 2.75) is 39.7 Å². The largest absolute Gasteiger partial charge is 0.481 e. The second-order valence-electron chi connectivity index (χ2n) is 3.51. The first-order valence-electron chi connectivity index (χ1n) is 4.46. The zero-order chi connectivity index (χ0) is 9.72. The quantitative estimate of drug-likeness (QED) is 0.727. The normalized spacial score (nSPS) is 16.9. The first kappa shape index (κ1) is 15.2. The Morgan fingerprint density at radius 2 is 1.92 bits per heavy atom. The van der Waals surface area contributed by atoms with Gasteiger partial charge in [-0.2, -0.15) is 0 Å². The van der Waals surface area contributed by atoms with Crippen molar-refractivity contribution in [1.82, 2.24) is 0 Å². The van der Waals surface area contributed by atoms with Gasteiger partial charge in [-0.1, -0.05) is 27.2 Å². The van der Waals surface area contributed by atoms with Crippen LogP contribution in [-0.2, 0) is 4.79 Å². The van der Waals surface area contributed by atoms with E-state index in [9.17, 15) is 4.79 Å². The van der Waals surface area contributed by atoms with Gasteiger partial charge >= 0.3 is 5.97 Å². The Labute approximate surface area is 86.1 Å². The van der Waals surface area contributed by atoms with Crippen LogP contribution < -0.4 is 5.73 Å². The van der Waals surface area contributed by atoms with Gasteiger partial charge in [0.2, 0.25) is 0 Å². The van der Waals surface area contributed by atoms with E-state index in [1.807, 2.05) is 6.92 Å². The molecule has 0 aliphatic rings. The maximum atomic E-state index is 10.3. The minimum atomic E-state index is -0.808. The number of halogens is 1. The topological polar surface area (TPSA) is 63.3 Å². The van der Waals surface area contributed by atoms with Crippen LogP contribution >= 0.6 is 12.4 Å². The number of carboxylic acid groups (broad SMARTS) is 1. The van der Waals surface area contributed by atoms with Gasteiger partial charge < -0.3 is 10.8 Å². The molecule has 4 heteroatoms. The third-order valence-corrected chi connectivity index (χ3v) is 2.63. The molecule has 3 atom stereocenters. The highest BCUT2D eigenvalue weighted by molar-refractivity contribution is 5.85. The molecule has 0 spiro atoms. The van der Waals surface area contributed by atoms with Gasteiger partial charge in [0.05, 0.1) is 6.42 Å². The summed E-state index contributed by atoms with van der Waals surface area (Å²) in [5.74, 6) is -0.0249. The van der Waals surface area contributed by atoms with E-state index in [4.69, 9.17) is 10.8 Å².